The molecule has 0 radical (unpaired) electrons. The second-order valence-corrected chi connectivity index (χ2v) is 15.3. The number of anilines is 3. The highest BCUT2D eigenvalue weighted by atomic mass is 16.3. The summed E-state index contributed by atoms with van der Waals surface area (Å²) in [6.07, 6.45) is 0. The van der Waals surface area contributed by atoms with Crippen molar-refractivity contribution in [2.24, 2.45) is 0 Å². The Kier molecular flexibility index (Phi) is 7.54. The summed E-state index contributed by atoms with van der Waals surface area (Å²) < 4.78 is 8.81. The van der Waals surface area contributed by atoms with Crippen molar-refractivity contribution in [2.75, 3.05) is 4.90 Å². The van der Waals surface area contributed by atoms with Crippen LogP contribution in [0.2, 0.25) is 0 Å². The van der Waals surface area contributed by atoms with Crippen LogP contribution in [0.15, 0.2) is 223 Å². The van der Waals surface area contributed by atoms with Crippen LogP contribution in [0.25, 0.3) is 93.2 Å². The van der Waals surface area contributed by atoms with Crippen LogP contribution in [-0.4, -0.2) is 4.57 Å². The Balaban J connectivity index is 1.06. The highest BCUT2D eigenvalue weighted by Gasteiger charge is 2.22. The van der Waals surface area contributed by atoms with E-state index in [9.17, 15) is 0 Å². The predicted molar refractivity (Wildman–Crippen MR) is 249 cm³/mol. The van der Waals surface area contributed by atoms with Gasteiger partial charge < -0.3 is 13.9 Å². The number of hydrogen-bond donors (Lipinski definition) is 0. The molecule has 0 atom stereocenters. The van der Waals surface area contributed by atoms with E-state index in [0.29, 0.717) is 0 Å². The van der Waals surface area contributed by atoms with Gasteiger partial charge in [0.2, 0.25) is 0 Å². The molecule has 59 heavy (non-hydrogen) atoms. The molecule has 2 aromatic heterocycles. The van der Waals surface area contributed by atoms with Gasteiger partial charge in [0, 0.05) is 44.0 Å². The van der Waals surface area contributed by atoms with Crippen LogP contribution in [0.3, 0.4) is 0 Å². The van der Waals surface area contributed by atoms with Gasteiger partial charge >= 0.3 is 0 Å². The Morgan fingerprint density at radius 1 is 0.356 bits per heavy atom. The van der Waals surface area contributed by atoms with Crippen molar-refractivity contribution in [3.63, 3.8) is 0 Å². The van der Waals surface area contributed by atoms with Crippen LogP contribution in [0.1, 0.15) is 0 Å². The molecule has 10 aromatic carbocycles. The fraction of sp³-hybridized carbons (Fsp3) is 0. The summed E-state index contributed by atoms with van der Waals surface area (Å²) in [5.74, 6) is 0. The van der Waals surface area contributed by atoms with E-state index in [0.717, 1.165) is 61.4 Å². The molecule has 3 heteroatoms. The fourth-order valence-corrected chi connectivity index (χ4v) is 9.34. The quantitative estimate of drug-likeness (QED) is 0.158. The molecule has 12 aromatic rings. The van der Waals surface area contributed by atoms with E-state index in [2.05, 4.69) is 222 Å². The van der Waals surface area contributed by atoms with Gasteiger partial charge in [-0.2, -0.15) is 0 Å². The summed E-state index contributed by atoms with van der Waals surface area (Å²) in [6, 6.07) is 78.8. The van der Waals surface area contributed by atoms with E-state index >= 15 is 0 Å². The first-order chi connectivity index (χ1) is 29.3. The van der Waals surface area contributed by atoms with E-state index in [1.807, 2.05) is 6.07 Å². The third-order valence-electron chi connectivity index (χ3n) is 12.0. The molecule has 0 saturated heterocycles. The predicted octanol–water partition coefficient (Wildman–Crippen LogP) is 15.8. The molecule has 0 aliphatic rings. The summed E-state index contributed by atoms with van der Waals surface area (Å²) in [7, 11) is 0. The Hall–Kier alpha value is -7.88. The molecule has 0 bridgehead atoms. The molecule has 276 valence electrons. The number of rotatable bonds is 6. The van der Waals surface area contributed by atoms with Crippen LogP contribution in [-0.2, 0) is 0 Å². The first-order valence-corrected chi connectivity index (χ1v) is 20.2. The van der Waals surface area contributed by atoms with E-state index < -0.39 is 0 Å². The maximum absolute atomic E-state index is 6.40. The van der Waals surface area contributed by atoms with Gasteiger partial charge in [0.15, 0.2) is 0 Å². The topological polar surface area (TPSA) is 21.3 Å². The lowest BCUT2D eigenvalue weighted by Crippen LogP contribution is -2.11. The van der Waals surface area contributed by atoms with Gasteiger partial charge in [-0.25, -0.2) is 0 Å². The minimum Gasteiger partial charge on any atom is -0.456 e. The summed E-state index contributed by atoms with van der Waals surface area (Å²) in [5.41, 5.74) is 13.2. The summed E-state index contributed by atoms with van der Waals surface area (Å²) >= 11 is 0. The van der Waals surface area contributed by atoms with E-state index in [1.165, 1.54) is 48.9 Å². The summed E-state index contributed by atoms with van der Waals surface area (Å²) in [4.78, 5) is 2.42. The van der Waals surface area contributed by atoms with Gasteiger partial charge in [-0.05, 0) is 93.3 Å². The lowest BCUT2D eigenvalue weighted by molar-refractivity contribution is 0.669. The normalized spacial score (nSPS) is 11.7. The highest BCUT2D eigenvalue weighted by molar-refractivity contribution is 6.15. The van der Waals surface area contributed by atoms with Crippen LogP contribution >= 0.6 is 0 Å². The lowest BCUT2D eigenvalue weighted by Gasteiger charge is -2.28. The van der Waals surface area contributed by atoms with Gasteiger partial charge in [-0.3, -0.25) is 0 Å². The largest absolute Gasteiger partial charge is 0.456 e. The summed E-state index contributed by atoms with van der Waals surface area (Å²) in [5, 5.41) is 9.66. The molecule has 2 heterocycles. The number of para-hydroxylation sites is 5. The molecular formula is C56H36N2O. The Labute approximate surface area is 341 Å². The van der Waals surface area contributed by atoms with Crippen molar-refractivity contribution in [1.29, 1.82) is 0 Å². The zero-order chi connectivity index (χ0) is 38.9. The molecule has 0 fully saturated rings. The minimum absolute atomic E-state index is 0.883. The summed E-state index contributed by atoms with van der Waals surface area (Å²) in [6.45, 7) is 0. The minimum atomic E-state index is 0.883. The average Bonchev–Trinajstić information content (AvgIpc) is 3.86. The number of benzene rings is 10. The zero-order valence-corrected chi connectivity index (χ0v) is 32.1. The first kappa shape index (κ1) is 33.3. The number of furan rings is 1. The molecule has 0 aliphatic heterocycles. The van der Waals surface area contributed by atoms with Crippen LogP contribution < -0.4 is 4.90 Å². The van der Waals surface area contributed by atoms with Crippen molar-refractivity contribution in [2.45, 2.75) is 0 Å². The first-order valence-electron chi connectivity index (χ1n) is 20.2. The molecule has 0 unspecified atom stereocenters. The Morgan fingerprint density at radius 2 is 0.915 bits per heavy atom. The van der Waals surface area contributed by atoms with Crippen molar-refractivity contribution < 1.29 is 4.42 Å². The Morgan fingerprint density at radius 3 is 1.71 bits per heavy atom. The SMILES string of the molecule is c1ccc(N(c2ccc(-c3ccccc3-n3c4ccccc4c4ccccc43)cc2)c2ccc3ccc4ccccc4c3c2)c(-c2cccc3oc4ccccc4c23)c1. The molecule has 0 amide bonds. The van der Waals surface area contributed by atoms with Crippen molar-refractivity contribution in [1.82, 2.24) is 4.57 Å². The molecule has 0 spiro atoms. The smallest absolute Gasteiger partial charge is 0.136 e. The van der Waals surface area contributed by atoms with Gasteiger partial charge in [-0.1, -0.05) is 158 Å². The van der Waals surface area contributed by atoms with Gasteiger partial charge in [0.1, 0.15) is 11.2 Å². The van der Waals surface area contributed by atoms with Gasteiger partial charge in [0.25, 0.3) is 0 Å². The molecule has 3 nitrogen and oxygen atoms in total. The maximum Gasteiger partial charge on any atom is 0.136 e. The zero-order valence-electron chi connectivity index (χ0n) is 32.1. The monoisotopic (exact) mass is 752 g/mol. The third kappa shape index (κ3) is 5.29. The van der Waals surface area contributed by atoms with Crippen LogP contribution in [0, 0.1) is 0 Å². The van der Waals surface area contributed by atoms with Crippen molar-refractivity contribution in [3.8, 4) is 27.9 Å². The second-order valence-electron chi connectivity index (χ2n) is 15.3. The number of hydrogen-bond acceptors (Lipinski definition) is 2. The van der Waals surface area contributed by atoms with E-state index in [1.54, 1.807) is 0 Å². The molecule has 12 rings (SSSR count). The number of fused-ring (bicyclic) bond motifs is 9. The van der Waals surface area contributed by atoms with Crippen LogP contribution in [0.4, 0.5) is 17.1 Å². The van der Waals surface area contributed by atoms with Crippen molar-refractivity contribution in [3.05, 3.63) is 218 Å². The fourth-order valence-electron chi connectivity index (χ4n) is 9.34. The third-order valence-corrected chi connectivity index (χ3v) is 12.0. The number of nitrogens with zero attached hydrogens (tertiary/aromatic N) is 2. The van der Waals surface area contributed by atoms with Crippen molar-refractivity contribution >= 4 is 82.4 Å². The number of aromatic nitrogens is 1. The molecule has 0 aliphatic carbocycles. The molecular weight excluding hydrogens is 717 g/mol. The highest BCUT2D eigenvalue weighted by Crippen LogP contribution is 2.46. The Bertz CT molecular complexity index is 3520. The molecule has 0 saturated carbocycles. The average molecular weight is 753 g/mol. The van der Waals surface area contributed by atoms with Gasteiger partial charge in [-0.15, -0.1) is 0 Å². The molecule has 0 N–H and O–H groups in total. The van der Waals surface area contributed by atoms with Gasteiger partial charge in [0.05, 0.1) is 22.4 Å². The van der Waals surface area contributed by atoms with E-state index in [-0.39, 0.29) is 0 Å². The second kappa shape index (κ2) is 13.4. The van der Waals surface area contributed by atoms with Crippen LogP contribution in [0.5, 0.6) is 0 Å². The maximum atomic E-state index is 6.40. The lowest BCUT2D eigenvalue weighted by atomic mass is 9.96. The van der Waals surface area contributed by atoms with E-state index in [4.69, 9.17) is 4.42 Å². The standard InChI is InChI=1S/C56H36N2O/c1-2-15-42-37(14-1)28-29-39-32-35-41(36-49(39)42)57(51-23-9-6-19-46(51)47-21-13-27-55-56(47)48-20-7-12-26-54(48)59-55)40-33-30-38(31-34-40)43-16-3-8-22-50(43)58-52-24-10-4-17-44(52)45-18-5-11-25-53(45)58/h1-36H.